The van der Waals surface area contributed by atoms with Crippen molar-refractivity contribution in [3.63, 3.8) is 0 Å². The number of nitrogen functional groups attached to an aromatic ring is 1. The zero-order valence-electron chi connectivity index (χ0n) is 6.73. The van der Waals surface area contributed by atoms with E-state index in [-0.39, 0.29) is 0 Å². The van der Waals surface area contributed by atoms with Crippen LogP contribution in [0.3, 0.4) is 0 Å². The molecule has 0 saturated heterocycles. The molecule has 0 spiro atoms. The molecule has 0 atom stereocenters. The maximum atomic E-state index is 10.7. The van der Waals surface area contributed by atoms with Crippen LogP contribution in [0.5, 0.6) is 0 Å². The molecule has 0 bridgehead atoms. The summed E-state index contributed by atoms with van der Waals surface area (Å²) in [6, 6.07) is 6.91. The van der Waals surface area contributed by atoms with Crippen LogP contribution >= 0.6 is 0 Å². The van der Waals surface area contributed by atoms with Crippen molar-refractivity contribution in [2.75, 3.05) is 12.8 Å². The van der Waals surface area contributed by atoms with Gasteiger partial charge in [0.1, 0.15) is 0 Å². The molecule has 0 aliphatic heterocycles. The van der Waals surface area contributed by atoms with Gasteiger partial charge in [0.2, 0.25) is 6.21 Å². The molecule has 0 radical (unpaired) electrons. The third-order valence-corrected chi connectivity index (χ3v) is 1.37. The summed E-state index contributed by atoms with van der Waals surface area (Å²) in [5.41, 5.74) is 6.87. The zero-order chi connectivity index (χ0) is 8.97. The summed E-state index contributed by atoms with van der Waals surface area (Å²) in [6.45, 7) is 0. The molecule has 1 aromatic carbocycles. The molecule has 4 heteroatoms. The Kier molecular flexibility index (Phi) is 2.53. The minimum Gasteiger partial charge on any atom is -0.407 e. The highest BCUT2D eigenvalue weighted by Gasteiger charge is 1.94. The summed E-state index contributed by atoms with van der Waals surface area (Å²) in [5, 5.41) is 10.7. The summed E-state index contributed by atoms with van der Waals surface area (Å²) >= 11 is 0. The molecule has 0 aromatic heterocycles. The van der Waals surface area contributed by atoms with E-state index < -0.39 is 0 Å². The second-order valence-electron chi connectivity index (χ2n) is 2.26. The summed E-state index contributed by atoms with van der Waals surface area (Å²) in [7, 11) is 1.31. The van der Waals surface area contributed by atoms with Gasteiger partial charge in [-0.25, -0.2) is 0 Å². The molecule has 0 aliphatic rings. The van der Waals surface area contributed by atoms with E-state index in [4.69, 9.17) is 5.73 Å². The summed E-state index contributed by atoms with van der Waals surface area (Å²) < 4.78 is 0. The standard InChI is InChI=1S/C8H10N2O2/c1-12-10(11)6-7-2-4-8(9)5-3-7/h2-6H,9H2,1H3/b10-6+. The van der Waals surface area contributed by atoms with Crippen molar-refractivity contribution in [2.45, 2.75) is 0 Å². The largest absolute Gasteiger partial charge is 0.407 e. The van der Waals surface area contributed by atoms with Crippen molar-refractivity contribution in [1.82, 2.24) is 0 Å². The Morgan fingerprint density at radius 2 is 2.00 bits per heavy atom. The number of hydrogen-bond donors (Lipinski definition) is 1. The highest BCUT2D eigenvalue weighted by molar-refractivity contribution is 5.76. The van der Waals surface area contributed by atoms with E-state index in [0.717, 1.165) is 5.56 Å². The van der Waals surface area contributed by atoms with E-state index in [1.54, 1.807) is 24.3 Å². The average Bonchev–Trinajstić information content (AvgIpc) is 2.09. The maximum absolute atomic E-state index is 10.7. The summed E-state index contributed by atoms with van der Waals surface area (Å²) in [5.74, 6) is 0. The monoisotopic (exact) mass is 166 g/mol. The first-order valence-corrected chi connectivity index (χ1v) is 3.43. The first kappa shape index (κ1) is 8.39. The fourth-order valence-corrected chi connectivity index (χ4v) is 0.756. The van der Waals surface area contributed by atoms with Crippen LogP contribution in [0, 0.1) is 5.21 Å². The summed E-state index contributed by atoms with van der Waals surface area (Å²) in [4.78, 5) is 4.76. The van der Waals surface area contributed by atoms with Crippen molar-refractivity contribution in [1.29, 1.82) is 0 Å². The number of anilines is 1. The molecule has 4 nitrogen and oxygen atoms in total. The van der Waals surface area contributed by atoms with Gasteiger partial charge in [-0.3, -0.25) is 5.21 Å². The fourth-order valence-electron chi connectivity index (χ4n) is 0.756. The van der Waals surface area contributed by atoms with E-state index in [1.165, 1.54) is 13.3 Å². The second-order valence-corrected chi connectivity index (χ2v) is 2.26. The highest BCUT2D eigenvalue weighted by Crippen LogP contribution is 2.02. The lowest BCUT2D eigenvalue weighted by atomic mass is 10.2. The highest BCUT2D eigenvalue weighted by atomic mass is 16.8. The molecular formula is C8H10N2O2. The number of rotatable bonds is 2. The van der Waals surface area contributed by atoms with Crippen molar-refractivity contribution in [3.8, 4) is 0 Å². The van der Waals surface area contributed by atoms with Gasteiger partial charge >= 0.3 is 0 Å². The topological polar surface area (TPSA) is 61.3 Å². The predicted octanol–water partition coefficient (Wildman–Crippen LogP) is 0.759. The van der Waals surface area contributed by atoms with Gasteiger partial charge in [-0.2, -0.15) is 0 Å². The van der Waals surface area contributed by atoms with Crippen molar-refractivity contribution in [2.24, 2.45) is 0 Å². The van der Waals surface area contributed by atoms with Gasteiger partial charge in [-0.15, -0.1) is 0 Å². The van der Waals surface area contributed by atoms with Gasteiger partial charge in [0.25, 0.3) is 0 Å². The molecule has 12 heavy (non-hydrogen) atoms. The third-order valence-electron chi connectivity index (χ3n) is 1.37. The molecule has 0 fully saturated rings. The number of benzene rings is 1. The Labute approximate surface area is 70.4 Å². The van der Waals surface area contributed by atoms with Crippen LogP contribution in [-0.4, -0.2) is 18.2 Å². The van der Waals surface area contributed by atoms with Crippen molar-refractivity contribution >= 4 is 11.9 Å². The Hall–Kier alpha value is -1.71. The average molecular weight is 166 g/mol. The van der Waals surface area contributed by atoms with Gasteiger partial charge in [-0.05, 0) is 24.3 Å². The Morgan fingerprint density at radius 3 is 2.50 bits per heavy atom. The lowest BCUT2D eigenvalue weighted by Gasteiger charge is -1.96. The van der Waals surface area contributed by atoms with Crippen molar-refractivity contribution < 1.29 is 9.74 Å². The van der Waals surface area contributed by atoms with Crippen LogP contribution in [0.15, 0.2) is 24.3 Å². The second kappa shape index (κ2) is 3.61. The molecule has 0 aliphatic carbocycles. The Morgan fingerprint density at radius 1 is 1.42 bits per heavy atom. The van der Waals surface area contributed by atoms with E-state index >= 15 is 0 Å². The van der Waals surface area contributed by atoms with Crippen LogP contribution < -0.4 is 5.73 Å². The normalized spacial score (nSPS) is 11.2. The van der Waals surface area contributed by atoms with E-state index in [9.17, 15) is 5.21 Å². The molecular weight excluding hydrogens is 156 g/mol. The number of nitrogens with two attached hydrogens (primary N) is 1. The Bertz CT molecular complexity index is 280. The molecule has 0 heterocycles. The van der Waals surface area contributed by atoms with Crippen molar-refractivity contribution in [3.05, 3.63) is 35.0 Å². The van der Waals surface area contributed by atoms with Gasteiger partial charge in [-0.1, -0.05) is 0 Å². The van der Waals surface area contributed by atoms with E-state index in [0.29, 0.717) is 10.6 Å². The molecule has 1 aromatic rings. The molecule has 0 amide bonds. The van der Waals surface area contributed by atoms with Crippen LogP contribution in [0.25, 0.3) is 0 Å². The third kappa shape index (κ3) is 2.16. The first-order chi connectivity index (χ1) is 5.72. The summed E-state index contributed by atoms with van der Waals surface area (Å²) in [6.07, 6.45) is 1.32. The SMILES string of the molecule is CO/[N+]([O-])=C/c1ccc(N)cc1. The van der Waals surface area contributed by atoms with Crippen LogP contribution in [0.4, 0.5) is 5.69 Å². The minimum atomic E-state index is 0.380. The number of hydrogen-bond acceptors (Lipinski definition) is 3. The lowest BCUT2D eigenvalue weighted by molar-refractivity contribution is -0.729. The van der Waals surface area contributed by atoms with Crippen LogP contribution in [-0.2, 0) is 4.84 Å². The number of nitrogens with zero attached hydrogens (tertiary/aromatic N) is 1. The predicted molar refractivity (Wildman–Crippen MR) is 46.7 cm³/mol. The minimum absolute atomic E-state index is 0.380. The van der Waals surface area contributed by atoms with Crippen LogP contribution in [0.2, 0.25) is 0 Å². The van der Waals surface area contributed by atoms with Crippen LogP contribution in [0.1, 0.15) is 5.56 Å². The van der Waals surface area contributed by atoms with Gasteiger partial charge in [0, 0.05) is 23.3 Å². The maximum Gasteiger partial charge on any atom is 0.240 e. The smallest absolute Gasteiger partial charge is 0.240 e. The van der Waals surface area contributed by atoms with E-state index in [2.05, 4.69) is 4.84 Å². The molecule has 64 valence electrons. The lowest BCUT2D eigenvalue weighted by Crippen LogP contribution is -2.03. The Balaban J connectivity index is 2.84. The fraction of sp³-hybridized carbons (Fsp3) is 0.125. The van der Waals surface area contributed by atoms with Gasteiger partial charge in [0.15, 0.2) is 0 Å². The molecule has 2 N–H and O–H groups in total. The molecule has 0 unspecified atom stereocenters. The van der Waals surface area contributed by atoms with Gasteiger partial charge < -0.3 is 10.6 Å². The zero-order valence-corrected chi connectivity index (χ0v) is 6.73. The quantitative estimate of drug-likeness (QED) is 0.305. The molecule has 0 saturated carbocycles. The first-order valence-electron chi connectivity index (χ1n) is 3.43. The van der Waals surface area contributed by atoms with E-state index in [1.807, 2.05) is 0 Å². The van der Waals surface area contributed by atoms with Gasteiger partial charge in [0.05, 0.1) is 0 Å². The molecule has 1 rings (SSSR count).